The maximum absolute atomic E-state index is 5.57. The van der Waals surface area contributed by atoms with Crippen molar-refractivity contribution < 1.29 is 0 Å². The smallest absolute Gasteiger partial charge is 0.0391 e. The first kappa shape index (κ1) is 6.98. The first-order chi connectivity index (χ1) is 4.84. The molecule has 0 amide bonds. The number of hydrogen-bond acceptors (Lipinski definition) is 4. The van der Waals surface area contributed by atoms with Gasteiger partial charge in [0.15, 0.2) is 0 Å². The third kappa shape index (κ3) is 1.43. The molecule has 0 aliphatic carbocycles. The van der Waals surface area contributed by atoms with Gasteiger partial charge in [0.25, 0.3) is 0 Å². The lowest BCUT2D eigenvalue weighted by Crippen LogP contribution is -2.21. The van der Waals surface area contributed by atoms with Crippen LogP contribution in [0.3, 0.4) is 0 Å². The average molecular weight is 138 g/mol. The molecule has 0 atom stereocenters. The number of nitrogens with two attached hydrogens (primary N) is 2. The van der Waals surface area contributed by atoms with Crippen LogP contribution in [-0.2, 0) is 6.54 Å². The number of anilines is 1. The highest BCUT2D eigenvalue weighted by molar-refractivity contribution is 5.43. The number of pyridine rings is 1. The first-order valence-electron chi connectivity index (χ1n) is 2.96. The standard InChI is InChI=1S/C6H10N4/c7-6-1-2-9-3-5(6)4-10-8/h1-3,10H,4,8H2,(H2,7,9). The highest BCUT2D eigenvalue weighted by Gasteiger charge is 1.94. The summed E-state index contributed by atoms with van der Waals surface area (Å²) in [7, 11) is 0. The minimum atomic E-state index is 0.555. The van der Waals surface area contributed by atoms with Gasteiger partial charge in [-0.15, -0.1) is 0 Å². The predicted octanol–water partition coefficient (Wildman–Crippen LogP) is -0.373. The van der Waals surface area contributed by atoms with Crippen LogP contribution < -0.4 is 17.0 Å². The minimum absolute atomic E-state index is 0.555. The molecule has 0 aliphatic heterocycles. The molecule has 10 heavy (non-hydrogen) atoms. The average Bonchev–Trinajstić information content (AvgIpc) is 1.94. The summed E-state index contributed by atoms with van der Waals surface area (Å²) >= 11 is 0. The van der Waals surface area contributed by atoms with Gasteiger partial charge in [-0.1, -0.05) is 0 Å². The maximum Gasteiger partial charge on any atom is 0.0391 e. The van der Waals surface area contributed by atoms with E-state index in [1.165, 1.54) is 0 Å². The topological polar surface area (TPSA) is 77.0 Å². The number of hydrazine groups is 1. The SMILES string of the molecule is NNCc1cnccc1N. The molecule has 0 saturated carbocycles. The van der Waals surface area contributed by atoms with Crippen molar-refractivity contribution in [3.63, 3.8) is 0 Å². The van der Waals surface area contributed by atoms with Crippen molar-refractivity contribution in [2.45, 2.75) is 6.54 Å². The minimum Gasteiger partial charge on any atom is -0.398 e. The molecule has 4 nitrogen and oxygen atoms in total. The van der Waals surface area contributed by atoms with Crippen LogP contribution in [0.4, 0.5) is 5.69 Å². The molecule has 0 fully saturated rings. The van der Waals surface area contributed by atoms with Crippen molar-refractivity contribution in [2.75, 3.05) is 5.73 Å². The van der Waals surface area contributed by atoms with Gasteiger partial charge >= 0.3 is 0 Å². The van der Waals surface area contributed by atoms with Gasteiger partial charge < -0.3 is 5.73 Å². The van der Waals surface area contributed by atoms with E-state index in [9.17, 15) is 0 Å². The summed E-state index contributed by atoms with van der Waals surface area (Å²) in [6, 6.07) is 1.74. The summed E-state index contributed by atoms with van der Waals surface area (Å²) in [6.45, 7) is 0.555. The zero-order valence-electron chi connectivity index (χ0n) is 5.54. The van der Waals surface area contributed by atoms with Crippen LogP contribution >= 0.6 is 0 Å². The molecule has 0 unspecified atom stereocenters. The van der Waals surface area contributed by atoms with Gasteiger partial charge in [-0.25, -0.2) is 0 Å². The number of aromatic nitrogens is 1. The van der Waals surface area contributed by atoms with Crippen molar-refractivity contribution in [1.82, 2.24) is 10.4 Å². The molecule has 0 spiro atoms. The Hall–Kier alpha value is -1.13. The van der Waals surface area contributed by atoms with E-state index in [1.807, 2.05) is 0 Å². The van der Waals surface area contributed by atoms with E-state index in [1.54, 1.807) is 18.5 Å². The second kappa shape index (κ2) is 3.14. The highest BCUT2D eigenvalue weighted by Crippen LogP contribution is 2.06. The summed E-state index contributed by atoms with van der Waals surface area (Å²) in [5.74, 6) is 5.10. The number of nitrogens with one attached hydrogen (secondary N) is 1. The molecular weight excluding hydrogens is 128 g/mol. The van der Waals surface area contributed by atoms with Crippen LogP contribution in [0.1, 0.15) is 5.56 Å². The first-order valence-corrected chi connectivity index (χ1v) is 2.96. The largest absolute Gasteiger partial charge is 0.398 e. The fourth-order valence-corrected chi connectivity index (χ4v) is 0.696. The van der Waals surface area contributed by atoms with E-state index in [0.717, 1.165) is 5.56 Å². The molecule has 4 heteroatoms. The molecule has 54 valence electrons. The Kier molecular flexibility index (Phi) is 2.20. The van der Waals surface area contributed by atoms with Gasteiger partial charge in [-0.3, -0.25) is 16.3 Å². The Morgan fingerprint density at radius 3 is 3.00 bits per heavy atom. The Bertz CT molecular complexity index is 211. The molecule has 1 rings (SSSR count). The molecule has 0 aromatic carbocycles. The molecule has 0 radical (unpaired) electrons. The van der Waals surface area contributed by atoms with Crippen LogP contribution in [0.2, 0.25) is 0 Å². The molecule has 0 saturated heterocycles. The zero-order valence-corrected chi connectivity index (χ0v) is 5.54. The fraction of sp³-hybridized carbons (Fsp3) is 0.167. The number of rotatable bonds is 2. The number of nitrogens with zero attached hydrogens (tertiary/aromatic N) is 1. The van der Waals surface area contributed by atoms with Gasteiger partial charge in [0.05, 0.1) is 0 Å². The Morgan fingerprint density at radius 2 is 2.40 bits per heavy atom. The lowest BCUT2D eigenvalue weighted by Gasteiger charge is -2.01. The van der Waals surface area contributed by atoms with Crippen LogP contribution in [0, 0.1) is 0 Å². The van der Waals surface area contributed by atoms with Crippen molar-refractivity contribution in [2.24, 2.45) is 5.84 Å². The maximum atomic E-state index is 5.57. The molecule has 1 aromatic heterocycles. The summed E-state index contributed by atoms with van der Waals surface area (Å²) in [6.07, 6.45) is 3.34. The molecule has 0 bridgehead atoms. The van der Waals surface area contributed by atoms with Gasteiger partial charge in [-0.2, -0.15) is 0 Å². The Morgan fingerprint density at radius 1 is 1.60 bits per heavy atom. The van der Waals surface area contributed by atoms with E-state index in [-0.39, 0.29) is 0 Å². The fourth-order valence-electron chi connectivity index (χ4n) is 0.696. The lowest BCUT2D eigenvalue weighted by atomic mass is 10.2. The summed E-state index contributed by atoms with van der Waals surface area (Å²) in [4.78, 5) is 3.89. The molecule has 0 aliphatic rings. The monoisotopic (exact) mass is 138 g/mol. The van der Waals surface area contributed by atoms with Gasteiger partial charge in [-0.05, 0) is 6.07 Å². The van der Waals surface area contributed by atoms with Crippen molar-refractivity contribution in [3.8, 4) is 0 Å². The lowest BCUT2D eigenvalue weighted by molar-refractivity contribution is 0.740. The molecular formula is C6H10N4. The highest BCUT2D eigenvalue weighted by atomic mass is 15.2. The van der Waals surface area contributed by atoms with E-state index in [0.29, 0.717) is 12.2 Å². The Labute approximate surface area is 59.2 Å². The van der Waals surface area contributed by atoms with E-state index in [2.05, 4.69) is 10.4 Å². The molecule has 5 N–H and O–H groups in total. The molecule has 1 heterocycles. The predicted molar refractivity (Wildman–Crippen MR) is 39.7 cm³/mol. The zero-order chi connectivity index (χ0) is 7.40. The number of hydrogen-bond donors (Lipinski definition) is 3. The van der Waals surface area contributed by atoms with Crippen LogP contribution in [0.5, 0.6) is 0 Å². The number of nitrogen functional groups attached to an aromatic ring is 1. The summed E-state index contributed by atoms with van der Waals surface area (Å²) in [5.41, 5.74) is 9.71. The van der Waals surface area contributed by atoms with Crippen molar-refractivity contribution in [1.29, 1.82) is 0 Å². The Balaban J connectivity index is 2.81. The van der Waals surface area contributed by atoms with Crippen LogP contribution in [0.25, 0.3) is 0 Å². The van der Waals surface area contributed by atoms with Gasteiger partial charge in [0.1, 0.15) is 0 Å². The third-order valence-electron chi connectivity index (χ3n) is 1.23. The van der Waals surface area contributed by atoms with Crippen LogP contribution in [0.15, 0.2) is 18.5 Å². The second-order valence-corrected chi connectivity index (χ2v) is 1.96. The van der Waals surface area contributed by atoms with E-state index < -0.39 is 0 Å². The second-order valence-electron chi connectivity index (χ2n) is 1.96. The summed E-state index contributed by atoms with van der Waals surface area (Å²) in [5, 5.41) is 0. The summed E-state index contributed by atoms with van der Waals surface area (Å²) < 4.78 is 0. The van der Waals surface area contributed by atoms with Gasteiger partial charge in [0, 0.05) is 30.2 Å². The van der Waals surface area contributed by atoms with Crippen molar-refractivity contribution >= 4 is 5.69 Å². The third-order valence-corrected chi connectivity index (χ3v) is 1.23. The van der Waals surface area contributed by atoms with Crippen molar-refractivity contribution in [3.05, 3.63) is 24.0 Å². The quantitative estimate of drug-likeness (QED) is 0.385. The van der Waals surface area contributed by atoms with Gasteiger partial charge in [0.2, 0.25) is 0 Å². The van der Waals surface area contributed by atoms with Crippen LogP contribution in [-0.4, -0.2) is 4.98 Å². The van der Waals surface area contributed by atoms with E-state index in [4.69, 9.17) is 11.6 Å². The van der Waals surface area contributed by atoms with E-state index >= 15 is 0 Å². The normalized spacial score (nSPS) is 9.70. The molecule has 1 aromatic rings.